The molecule has 1 saturated heterocycles. The van der Waals surface area contributed by atoms with Gasteiger partial charge in [-0.1, -0.05) is 0 Å². The Morgan fingerprint density at radius 2 is 2.29 bits per heavy atom. The van der Waals surface area contributed by atoms with E-state index in [-0.39, 0.29) is 0 Å². The first-order valence-corrected chi connectivity index (χ1v) is 6.93. The topological polar surface area (TPSA) is 54.2 Å². The summed E-state index contributed by atoms with van der Waals surface area (Å²) in [5.74, 6) is 0.429. The number of fused-ring (bicyclic) bond motifs is 1. The number of nitrogens with one attached hydrogen (secondary N) is 2. The highest BCUT2D eigenvalue weighted by Crippen LogP contribution is 2.30. The molecule has 0 amide bonds. The van der Waals surface area contributed by atoms with E-state index in [0.29, 0.717) is 23.9 Å². The van der Waals surface area contributed by atoms with Crippen molar-refractivity contribution in [1.82, 2.24) is 19.9 Å². The van der Waals surface area contributed by atoms with E-state index in [2.05, 4.69) is 20.7 Å². The van der Waals surface area contributed by atoms with Gasteiger partial charge in [0.1, 0.15) is 5.52 Å². The third kappa shape index (κ3) is 3.10. The molecule has 2 aromatic rings. The molecule has 0 unspecified atom stereocenters. The Labute approximate surface area is 119 Å². The molecule has 3 rings (SSSR count). The number of hydrogen-bond donors (Lipinski definition) is 2. The second-order valence-corrected chi connectivity index (χ2v) is 5.14. The fourth-order valence-corrected chi connectivity index (χ4v) is 2.56. The lowest BCUT2D eigenvalue weighted by atomic mass is 10.1. The van der Waals surface area contributed by atoms with Crippen molar-refractivity contribution in [2.24, 2.45) is 0 Å². The maximum atomic E-state index is 12.7. The highest BCUT2D eigenvalue weighted by molar-refractivity contribution is 5.67. The van der Waals surface area contributed by atoms with E-state index < -0.39 is 11.9 Å². The molecule has 0 saturated carbocycles. The van der Waals surface area contributed by atoms with E-state index in [1.54, 1.807) is 0 Å². The van der Waals surface area contributed by atoms with Crippen molar-refractivity contribution in [3.05, 3.63) is 24.2 Å². The van der Waals surface area contributed by atoms with Gasteiger partial charge in [0.2, 0.25) is 0 Å². The molecule has 21 heavy (non-hydrogen) atoms. The standard InChI is InChI=1S/C13H16F3N5/c14-13(15,16)11-8-10-12(19-6-7-21(10)20-11)18-5-3-9-2-1-4-17-9/h6-9,17H,1-5H2,(H,18,19)/t9-/m0/s1. The Morgan fingerprint density at radius 3 is 3.00 bits per heavy atom. The number of alkyl halides is 3. The molecule has 0 aromatic carbocycles. The van der Waals surface area contributed by atoms with E-state index in [0.717, 1.165) is 25.5 Å². The second kappa shape index (κ2) is 5.51. The zero-order chi connectivity index (χ0) is 14.9. The van der Waals surface area contributed by atoms with Crippen LogP contribution in [0.15, 0.2) is 18.5 Å². The first-order valence-electron chi connectivity index (χ1n) is 6.93. The van der Waals surface area contributed by atoms with Crippen molar-refractivity contribution >= 4 is 11.3 Å². The first kappa shape index (κ1) is 14.1. The van der Waals surface area contributed by atoms with Crippen LogP contribution >= 0.6 is 0 Å². The lowest BCUT2D eigenvalue weighted by Crippen LogP contribution is -2.24. The van der Waals surface area contributed by atoms with Gasteiger partial charge < -0.3 is 10.6 Å². The Hall–Kier alpha value is -1.83. The van der Waals surface area contributed by atoms with Gasteiger partial charge in [-0.15, -0.1) is 0 Å². The minimum absolute atomic E-state index is 0.337. The van der Waals surface area contributed by atoms with Crippen LogP contribution in [0.5, 0.6) is 0 Å². The van der Waals surface area contributed by atoms with E-state index >= 15 is 0 Å². The van der Waals surface area contributed by atoms with Crippen LogP contribution in [0.25, 0.3) is 5.52 Å². The molecule has 1 atom stereocenters. The monoisotopic (exact) mass is 299 g/mol. The predicted octanol–water partition coefficient (Wildman–Crippen LogP) is 2.30. The molecule has 8 heteroatoms. The maximum Gasteiger partial charge on any atom is 0.435 e. The minimum Gasteiger partial charge on any atom is -0.368 e. The Kier molecular flexibility index (Phi) is 3.71. The van der Waals surface area contributed by atoms with Crippen LogP contribution in [0.3, 0.4) is 0 Å². The number of anilines is 1. The average molecular weight is 299 g/mol. The van der Waals surface area contributed by atoms with Crippen LogP contribution in [0, 0.1) is 0 Å². The smallest absolute Gasteiger partial charge is 0.368 e. The zero-order valence-electron chi connectivity index (χ0n) is 11.3. The summed E-state index contributed by atoms with van der Waals surface area (Å²) in [5.41, 5.74) is -0.569. The van der Waals surface area contributed by atoms with Gasteiger partial charge in [0, 0.05) is 31.0 Å². The number of halogens is 3. The molecule has 0 aliphatic carbocycles. The van der Waals surface area contributed by atoms with Crippen molar-refractivity contribution < 1.29 is 13.2 Å². The summed E-state index contributed by atoms with van der Waals surface area (Å²) in [7, 11) is 0. The van der Waals surface area contributed by atoms with E-state index in [1.165, 1.54) is 23.3 Å². The molecule has 1 aliphatic rings. The summed E-state index contributed by atoms with van der Waals surface area (Å²) >= 11 is 0. The lowest BCUT2D eigenvalue weighted by Gasteiger charge is -2.11. The average Bonchev–Trinajstić information content (AvgIpc) is 3.06. The molecule has 0 bridgehead atoms. The summed E-state index contributed by atoms with van der Waals surface area (Å²) in [5, 5.41) is 10.0. The second-order valence-electron chi connectivity index (χ2n) is 5.14. The van der Waals surface area contributed by atoms with Gasteiger partial charge in [-0.25, -0.2) is 9.50 Å². The quantitative estimate of drug-likeness (QED) is 0.909. The molecule has 3 heterocycles. The maximum absolute atomic E-state index is 12.7. The molecule has 0 radical (unpaired) electrons. The van der Waals surface area contributed by atoms with Crippen LogP contribution in [0.1, 0.15) is 25.0 Å². The van der Waals surface area contributed by atoms with Gasteiger partial charge in [-0.2, -0.15) is 18.3 Å². The summed E-state index contributed by atoms with van der Waals surface area (Å²) < 4.78 is 39.3. The molecular formula is C13H16F3N5. The van der Waals surface area contributed by atoms with Gasteiger partial charge in [-0.05, 0) is 25.8 Å². The number of rotatable bonds is 4. The molecule has 1 aliphatic heterocycles. The summed E-state index contributed by atoms with van der Waals surface area (Å²) in [6, 6.07) is 1.50. The molecule has 1 fully saturated rings. The first-order chi connectivity index (χ1) is 10.0. The van der Waals surface area contributed by atoms with E-state index in [1.807, 2.05) is 0 Å². The molecule has 5 nitrogen and oxygen atoms in total. The number of nitrogens with zero attached hydrogens (tertiary/aromatic N) is 3. The minimum atomic E-state index is -4.45. The highest BCUT2D eigenvalue weighted by Gasteiger charge is 2.34. The fourth-order valence-electron chi connectivity index (χ4n) is 2.56. The van der Waals surface area contributed by atoms with Crippen molar-refractivity contribution in [2.75, 3.05) is 18.4 Å². The molecule has 0 spiro atoms. The Balaban J connectivity index is 1.73. The van der Waals surface area contributed by atoms with Crippen LogP contribution in [-0.2, 0) is 6.18 Å². The van der Waals surface area contributed by atoms with Crippen LogP contribution in [0.2, 0.25) is 0 Å². The molecule has 2 N–H and O–H groups in total. The normalized spacial score (nSPS) is 19.3. The van der Waals surface area contributed by atoms with Gasteiger partial charge >= 0.3 is 6.18 Å². The highest BCUT2D eigenvalue weighted by atomic mass is 19.4. The summed E-state index contributed by atoms with van der Waals surface area (Å²) in [4.78, 5) is 4.11. The van der Waals surface area contributed by atoms with E-state index in [4.69, 9.17) is 0 Å². The van der Waals surface area contributed by atoms with Crippen LogP contribution in [0.4, 0.5) is 19.0 Å². The van der Waals surface area contributed by atoms with Gasteiger partial charge in [-0.3, -0.25) is 0 Å². The van der Waals surface area contributed by atoms with Crippen molar-refractivity contribution in [1.29, 1.82) is 0 Å². The van der Waals surface area contributed by atoms with Crippen LogP contribution in [-0.4, -0.2) is 33.7 Å². The third-order valence-electron chi connectivity index (χ3n) is 3.63. The van der Waals surface area contributed by atoms with Crippen molar-refractivity contribution in [3.63, 3.8) is 0 Å². The number of aromatic nitrogens is 3. The van der Waals surface area contributed by atoms with Gasteiger partial charge in [0.15, 0.2) is 11.5 Å². The molecular weight excluding hydrogens is 283 g/mol. The van der Waals surface area contributed by atoms with Crippen LogP contribution < -0.4 is 10.6 Å². The van der Waals surface area contributed by atoms with E-state index in [9.17, 15) is 13.2 Å². The van der Waals surface area contributed by atoms with Gasteiger partial charge in [0.05, 0.1) is 0 Å². The SMILES string of the molecule is FC(F)(F)c1cc2c(NCC[C@@H]3CCCN3)nccn2n1. The Morgan fingerprint density at radius 1 is 1.43 bits per heavy atom. The summed E-state index contributed by atoms with van der Waals surface area (Å²) in [6.07, 6.45) is 1.64. The predicted molar refractivity (Wildman–Crippen MR) is 72.1 cm³/mol. The fraction of sp³-hybridized carbons (Fsp3) is 0.538. The Bertz CT molecular complexity index is 616. The third-order valence-corrected chi connectivity index (χ3v) is 3.63. The summed E-state index contributed by atoms with van der Waals surface area (Å²) in [6.45, 7) is 1.70. The molecule has 2 aromatic heterocycles. The lowest BCUT2D eigenvalue weighted by molar-refractivity contribution is -0.141. The van der Waals surface area contributed by atoms with Gasteiger partial charge in [0.25, 0.3) is 0 Å². The van der Waals surface area contributed by atoms with Crippen molar-refractivity contribution in [2.45, 2.75) is 31.5 Å². The van der Waals surface area contributed by atoms with Crippen molar-refractivity contribution in [3.8, 4) is 0 Å². The molecule has 114 valence electrons. The largest absolute Gasteiger partial charge is 0.435 e. The zero-order valence-corrected chi connectivity index (χ0v) is 11.3. The number of hydrogen-bond acceptors (Lipinski definition) is 4.